The van der Waals surface area contributed by atoms with Crippen LogP contribution in [0.5, 0.6) is 0 Å². The average molecular weight is 309 g/mol. The fourth-order valence-corrected chi connectivity index (χ4v) is 1.94. The molecular formula is C11H12BrClFNO. The fourth-order valence-electron chi connectivity index (χ4n) is 1.34. The third-order valence-corrected chi connectivity index (χ3v) is 2.77. The highest BCUT2D eigenvalue weighted by atomic mass is 79.9. The number of rotatable bonds is 4. The molecule has 0 saturated heterocycles. The summed E-state index contributed by atoms with van der Waals surface area (Å²) in [5.41, 5.74) is 0.0234. The minimum atomic E-state index is -0.539. The van der Waals surface area contributed by atoms with Crippen molar-refractivity contribution in [2.75, 3.05) is 18.4 Å². The summed E-state index contributed by atoms with van der Waals surface area (Å²) in [5.74, 6) is -0.871. The van der Waals surface area contributed by atoms with Crippen molar-refractivity contribution in [3.8, 4) is 0 Å². The van der Waals surface area contributed by atoms with Crippen LogP contribution in [0, 0.1) is 5.82 Å². The van der Waals surface area contributed by atoms with Crippen molar-refractivity contribution in [1.82, 2.24) is 4.90 Å². The minimum absolute atomic E-state index is 0.0234. The highest BCUT2D eigenvalue weighted by Gasteiger charge is 2.17. The van der Waals surface area contributed by atoms with Crippen molar-refractivity contribution < 1.29 is 9.18 Å². The van der Waals surface area contributed by atoms with Gasteiger partial charge >= 0.3 is 0 Å². The van der Waals surface area contributed by atoms with E-state index in [-0.39, 0.29) is 11.5 Å². The van der Waals surface area contributed by atoms with Gasteiger partial charge in [-0.05, 0) is 25.1 Å². The van der Waals surface area contributed by atoms with Crippen molar-refractivity contribution in [1.29, 1.82) is 0 Å². The Morgan fingerprint density at radius 2 is 2.25 bits per heavy atom. The summed E-state index contributed by atoms with van der Waals surface area (Å²) in [7, 11) is 0. The minimum Gasteiger partial charge on any atom is -0.338 e. The predicted octanol–water partition coefficient (Wildman–Crippen LogP) is 3.34. The molecule has 0 heterocycles. The molecule has 0 aromatic heterocycles. The smallest absolute Gasteiger partial charge is 0.256 e. The lowest BCUT2D eigenvalue weighted by Gasteiger charge is -2.20. The molecular weight excluding hydrogens is 296 g/mol. The second kappa shape index (κ2) is 6.21. The lowest BCUT2D eigenvalue weighted by atomic mass is 10.2. The molecule has 88 valence electrons. The first-order chi connectivity index (χ1) is 7.60. The van der Waals surface area contributed by atoms with Gasteiger partial charge in [-0.2, -0.15) is 0 Å². The number of amides is 1. The normalized spacial score (nSPS) is 10.2. The summed E-state index contributed by atoms with van der Waals surface area (Å²) >= 11 is 8.99. The first kappa shape index (κ1) is 13.5. The van der Waals surface area contributed by atoms with E-state index < -0.39 is 5.82 Å². The van der Waals surface area contributed by atoms with Gasteiger partial charge in [-0.1, -0.05) is 27.5 Å². The zero-order valence-corrected chi connectivity index (χ0v) is 11.2. The molecule has 0 atom stereocenters. The summed E-state index contributed by atoms with van der Waals surface area (Å²) in [4.78, 5) is 13.5. The number of hydrogen-bond donors (Lipinski definition) is 0. The van der Waals surface area contributed by atoms with Crippen LogP contribution in [0.25, 0.3) is 0 Å². The summed E-state index contributed by atoms with van der Waals surface area (Å²) in [6, 6.07) is 3.99. The number of halogens is 3. The van der Waals surface area contributed by atoms with E-state index in [1.165, 1.54) is 18.2 Å². The van der Waals surface area contributed by atoms with Gasteiger partial charge in [0, 0.05) is 23.4 Å². The van der Waals surface area contributed by atoms with Gasteiger partial charge in [0.15, 0.2) is 0 Å². The van der Waals surface area contributed by atoms with Gasteiger partial charge in [0.1, 0.15) is 5.82 Å². The topological polar surface area (TPSA) is 20.3 Å². The van der Waals surface area contributed by atoms with E-state index in [1.807, 2.05) is 6.92 Å². The molecule has 0 radical (unpaired) electrons. The predicted molar refractivity (Wildman–Crippen MR) is 66.8 cm³/mol. The Kier molecular flexibility index (Phi) is 5.22. The van der Waals surface area contributed by atoms with Gasteiger partial charge in [0.25, 0.3) is 5.91 Å². The molecule has 1 rings (SSSR count). The van der Waals surface area contributed by atoms with E-state index >= 15 is 0 Å². The number of carbonyl (C=O) groups excluding carboxylic acids is 1. The molecule has 1 aromatic carbocycles. The largest absolute Gasteiger partial charge is 0.338 e. The zero-order valence-electron chi connectivity index (χ0n) is 8.84. The summed E-state index contributed by atoms with van der Waals surface area (Å²) in [5, 5.41) is 1.02. The van der Waals surface area contributed by atoms with Gasteiger partial charge in [0.05, 0.1) is 5.56 Å². The van der Waals surface area contributed by atoms with E-state index in [4.69, 9.17) is 11.6 Å². The molecule has 0 N–H and O–H groups in total. The summed E-state index contributed by atoms with van der Waals surface area (Å²) in [6.45, 7) is 2.93. The molecule has 0 spiro atoms. The molecule has 0 aliphatic heterocycles. The maximum atomic E-state index is 13.4. The monoisotopic (exact) mass is 307 g/mol. The van der Waals surface area contributed by atoms with Crippen LogP contribution in [0.3, 0.4) is 0 Å². The van der Waals surface area contributed by atoms with Crippen LogP contribution < -0.4 is 0 Å². The molecule has 5 heteroatoms. The molecule has 0 aliphatic rings. The summed E-state index contributed by atoms with van der Waals surface area (Å²) in [6.07, 6.45) is 0. The van der Waals surface area contributed by atoms with Crippen molar-refractivity contribution in [2.45, 2.75) is 6.92 Å². The molecule has 1 amide bonds. The number of carbonyl (C=O) groups is 1. The Morgan fingerprint density at radius 1 is 1.56 bits per heavy atom. The van der Waals surface area contributed by atoms with Crippen molar-refractivity contribution in [3.63, 3.8) is 0 Å². The van der Waals surface area contributed by atoms with Crippen molar-refractivity contribution in [3.05, 3.63) is 34.6 Å². The fraction of sp³-hybridized carbons (Fsp3) is 0.364. The van der Waals surface area contributed by atoms with E-state index in [0.717, 1.165) is 0 Å². The van der Waals surface area contributed by atoms with Crippen LogP contribution in [0.1, 0.15) is 17.3 Å². The molecule has 0 aliphatic carbocycles. The number of nitrogens with zero attached hydrogens (tertiary/aromatic N) is 1. The quantitative estimate of drug-likeness (QED) is 0.781. The van der Waals surface area contributed by atoms with Gasteiger partial charge < -0.3 is 4.90 Å². The number of alkyl halides is 1. The Hall–Kier alpha value is -0.610. The van der Waals surface area contributed by atoms with Crippen molar-refractivity contribution in [2.24, 2.45) is 0 Å². The van der Waals surface area contributed by atoms with Gasteiger partial charge in [-0.3, -0.25) is 4.79 Å². The first-order valence-electron chi connectivity index (χ1n) is 4.90. The second-order valence-electron chi connectivity index (χ2n) is 3.20. The molecule has 2 nitrogen and oxygen atoms in total. The molecule has 0 fully saturated rings. The van der Waals surface area contributed by atoms with Gasteiger partial charge in [-0.15, -0.1) is 0 Å². The molecule has 1 aromatic rings. The Balaban J connectivity index is 2.98. The maximum absolute atomic E-state index is 13.4. The van der Waals surface area contributed by atoms with E-state index in [0.29, 0.717) is 23.4 Å². The standard InChI is InChI=1S/C11H12BrClFNO/c1-2-15(6-5-12)11(16)9-7-8(13)3-4-10(9)14/h3-4,7H,2,5-6H2,1H3. The van der Waals surface area contributed by atoms with Gasteiger partial charge in [-0.25, -0.2) is 4.39 Å². The van der Waals surface area contributed by atoms with Crippen LogP contribution in [-0.2, 0) is 0 Å². The van der Waals surface area contributed by atoms with Crippen LogP contribution in [0.2, 0.25) is 5.02 Å². The lowest BCUT2D eigenvalue weighted by Crippen LogP contribution is -2.33. The maximum Gasteiger partial charge on any atom is 0.256 e. The molecule has 0 unspecified atom stereocenters. The Labute approximate surface area is 108 Å². The molecule has 0 bridgehead atoms. The average Bonchev–Trinajstić information content (AvgIpc) is 2.28. The van der Waals surface area contributed by atoms with Gasteiger partial charge in [0.2, 0.25) is 0 Å². The highest BCUT2D eigenvalue weighted by Crippen LogP contribution is 2.16. The highest BCUT2D eigenvalue weighted by molar-refractivity contribution is 9.09. The Bertz CT molecular complexity index is 386. The first-order valence-corrected chi connectivity index (χ1v) is 6.40. The molecule has 16 heavy (non-hydrogen) atoms. The molecule has 0 saturated carbocycles. The Morgan fingerprint density at radius 3 is 2.81 bits per heavy atom. The number of hydrogen-bond acceptors (Lipinski definition) is 1. The van der Waals surface area contributed by atoms with Crippen molar-refractivity contribution >= 4 is 33.4 Å². The third kappa shape index (κ3) is 3.19. The second-order valence-corrected chi connectivity index (χ2v) is 4.43. The van der Waals surface area contributed by atoms with Crippen LogP contribution in [0.4, 0.5) is 4.39 Å². The van der Waals surface area contributed by atoms with Crippen LogP contribution in [0.15, 0.2) is 18.2 Å². The SMILES string of the molecule is CCN(CCBr)C(=O)c1cc(Cl)ccc1F. The third-order valence-electron chi connectivity index (χ3n) is 2.18. The number of benzene rings is 1. The lowest BCUT2D eigenvalue weighted by molar-refractivity contribution is 0.0770. The zero-order chi connectivity index (χ0) is 12.1. The van der Waals surface area contributed by atoms with E-state index in [9.17, 15) is 9.18 Å². The van der Waals surface area contributed by atoms with Crippen LogP contribution >= 0.6 is 27.5 Å². The van der Waals surface area contributed by atoms with E-state index in [1.54, 1.807) is 4.90 Å². The summed E-state index contributed by atoms with van der Waals surface area (Å²) < 4.78 is 13.4. The van der Waals surface area contributed by atoms with Crippen LogP contribution in [-0.4, -0.2) is 29.2 Å². The van der Waals surface area contributed by atoms with E-state index in [2.05, 4.69) is 15.9 Å².